The fourth-order valence-corrected chi connectivity index (χ4v) is 3.05. The van der Waals surface area contributed by atoms with Crippen LogP contribution in [0.15, 0.2) is 53.0 Å². The topological polar surface area (TPSA) is 62.9 Å². The Kier molecular flexibility index (Phi) is 6.92. The normalized spacial score (nSPS) is 16.6. The summed E-state index contributed by atoms with van der Waals surface area (Å²) in [5.74, 6) is 5.83. The van der Waals surface area contributed by atoms with Crippen LogP contribution in [0.5, 0.6) is 0 Å². The lowest BCUT2D eigenvalue weighted by Crippen LogP contribution is -2.37. The summed E-state index contributed by atoms with van der Waals surface area (Å²) in [7, 11) is 0. The van der Waals surface area contributed by atoms with E-state index in [1.54, 1.807) is 30.9 Å². The lowest BCUT2D eigenvalue weighted by atomic mass is 10.1. The van der Waals surface area contributed by atoms with E-state index in [-0.39, 0.29) is 17.8 Å². The van der Waals surface area contributed by atoms with Crippen LogP contribution in [-0.2, 0) is 4.74 Å². The lowest BCUT2D eigenvalue weighted by molar-refractivity contribution is 0.0530. The SMILES string of the molecule is CC(C)(O)C#Cc1ccc(C(=O)N(C/C=C/c2ccccc2)CC2CCCO2)o1. The van der Waals surface area contributed by atoms with Crippen LogP contribution in [0.25, 0.3) is 6.08 Å². The monoisotopic (exact) mass is 393 g/mol. The number of benzene rings is 1. The van der Waals surface area contributed by atoms with Gasteiger partial charge in [0.05, 0.1) is 6.10 Å². The van der Waals surface area contributed by atoms with Crippen molar-refractivity contribution < 1.29 is 19.1 Å². The first-order valence-corrected chi connectivity index (χ1v) is 9.88. The molecule has 3 rings (SSSR count). The van der Waals surface area contributed by atoms with Gasteiger partial charge in [-0.1, -0.05) is 48.4 Å². The summed E-state index contributed by atoms with van der Waals surface area (Å²) in [6, 6.07) is 13.2. The molecule has 29 heavy (non-hydrogen) atoms. The van der Waals surface area contributed by atoms with Crippen molar-refractivity contribution in [3.63, 3.8) is 0 Å². The van der Waals surface area contributed by atoms with Crippen molar-refractivity contribution in [1.29, 1.82) is 0 Å². The molecule has 1 aliphatic heterocycles. The molecule has 5 nitrogen and oxygen atoms in total. The number of nitrogens with zero attached hydrogens (tertiary/aromatic N) is 1. The molecule has 1 aromatic heterocycles. The Hall–Kier alpha value is -2.81. The molecule has 0 saturated carbocycles. The second-order valence-corrected chi connectivity index (χ2v) is 7.63. The molecular weight excluding hydrogens is 366 g/mol. The number of rotatable bonds is 6. The third kappa shape index (κ3) is 6.63. The predicted molar refractivity (Wildman–Crippen MR) is 112 cm³/mol. The molecule has 1 aliphatic rings. The van der Waals surface area contributed by atoms with E-state index in [4.69, 9.17) is 9.15 Å². The molecule has 1 aromatic carbocycles. The molecule has 152 valence electrons. The molecule has 1 atom stereocenters. The summed E-state index contributed by atoms with van der Waals surface area (Å²) in [5.41, 5.74) is -0.0374. The van der Waals surface area contributed by atoms with Gasteiger partial charge in [0.25, 0.3) is 5.91 Å². The van der Waals surface area contributed by atoms with Gasteiger partial charge in [0.1, 0.15) is 5.60 Å². The Morgan fingerprint density at radius 2 is 2.07 bits per heavy atom. The minimum absolute atomic E-state index is 0.0495. The molecule has 0 bridgehead atoms. The van der Waals surface area contributed by atoms with Gasteiger partial charge in [-0.15, -0.1) is 0 Å². The van der Waals surface area contributed by atoms with Crippen LogP contribution in [0.3, 0.4) is 0 Å². The number of aliphatic hydroxyl groups is 1. The van der Waals surface area contributed by atoms with Crippen molar-refractivity contribution in [2.45, 2.75) is 38.4 Å². The van der Waals surface area contributed by atoms with Gasteiger partial charge in [0.2, 0.25) is 0 Å². The van der Waals surface area contributed by atoms with E-state index in [0.717, 1.165) is 25.0 Å². The molecule has 1 amide bonds. The first-order chi connectivity index (χ1) is 13.9. The summed E-state index contributed by atoms with van der Waals surface area (Å²) < 4.78 is 11.3. The fourth-order valence-electron chi connectivity index (χ4n) is 3.05. The van der Waals surface area contributed by atoms with Crippen molar-refractivity contribution >= 4 is 12.0 Å². The van der Waals surface area contributed by atoms with E-state index in [2.05, 4.69) is 11.8 Å². The summed E-state index contributed by atoms with van der Waals surface area (Å²) in [4.78, 5) is 14.8. The molecular formula is C24H27NO4. The van der Waals surface area contributed by atoms with Gasteiger partial charge in [0, 0.05) is 19.7 Å². The molecule has 1 N–H and O–H groups in total. The smallest absolute Gasteiger partial charge is 0.289 e. The lowest BCUT2D eigenvalue weighted by Gasteiger charge is -2.23. The maximum absolute atomic E-state index is 13.0. The Balaban J connectivity index is 1.72. The highest BCUT2D eigenvalue weighted by Crippen LogP contribution is 2.17. The summed E-state index contributed by atoms with van der Waals surface area (Å²) in [6.07, 6.45) is 5.99. The zero-order valence-corrected chi connectivity index (χ0v) is 16.9. The van der Waals surface area contributed by atoms with Crippen LogP contribution in [0.1, 0.15) is 48.6 Å². The zero-order valence-electron chi connectivity index (χ0n) is 16.9. The first kappa shape index (κ1) is 20.9. The van der Waals surface area contributed by atoms with Crippen molar-refractivity contribution in [3.8, 4) is 11.8 Å². The average molecular weight is 393 g/mol. The van der Waals surface area contributed by atoms with Gasteiger partial charge in [0.15, 0.2) is 11.5 Å². The summed E-state index contributed by atoms with van der Waals surface area (Å²) >= 11 is 0. The average Bonchev–Trinajstić information content (AvgIpc) is 3.37. The van der Waals surface area contributed by atoms with Crippen LogP contribution in [0.2, 0.25) is 0 Å². The molecule has 1 saturated heterocycles. The number of carbonyl (C=O) groups excluding carboxylic acids is 1. The van der Waals surface area contributed by atoms with Gasteiger partial charge in [-0.3, -0.25) is 4.79 Å². The molecule has 1 fully saturated rings. The maximum Gasteiger partial charge on any atom is 0.289 e. The van der Waals surface area contributed by atoms with Gasteiger partial charge in [-0.25, -0.2) is 0 Å². The van der Waals surface area contributed by atoms with Crippen molar-refractivity contribution in [3.05, 3.63) is 65.6 Å². The number of furan rings is 1. The second kappa shape index (κ2) is 9.60. The number of amides is 1. The van der Waals surface area contributed by atoms with Crippen LogP contribution in [-0.4, -0.2) is 47.3 Å². The zero-order chi connectivity index (χ0) is 20.7. The van der Waals surface area contributed by atoms with Crippen molar-refractivity contribution in [2.24, 2.45) is 0 Å². The van der Waals surface area contributed by atoms with Gasteiger partial charge in [-0.05, 0) is 50.3 Å². The van der Waals surface area contributed by atoms with Crippen molar-refractivity contribution in [1.82, 2.24) is 4.90 Å². The van der Waals surface area contributed by atoms with E-state index >= 15 is 0 Å². The summed E-state index contributed by atoms with van der Waals surface area (Å²) in [6.45, 7) is 4.90. The predicted octanol–water partition coefficient (Wildman–Crippen LogP) is 3.74. The van der Waals surface area contributed by atoms with Gasteiger partial charge >= 0.3 is 0 Å². The molecule has 0 spiro atoms. The quantitative estimate of drug-likeness (QED) is 0.760. The van der Waals surface area contributed by atoms with E-state index in [9.17, 15) is 9.90 Å². The second-order valence-electron chi connectivity index (χ2n) is 7.63. The molecule has 0 aliphatic carbocycles. The molecule has 5 heteroatoms. The highest BCUT2D eigenvalue weighted by Gasteiger charge is 2.24. The number of ether oxygens (including phenoxy) is 1. The van der Waals surface area contributed by atoms with Crippen LogP contribution in [0, 0.1) is 11.8 Å². The molecule has 2 heterocycles. The Morgan fingerprint density at radius 1 is 1.28 bits per heavy atom. The fraction of sp³-hybridized carbons (Fsp3) is 0.375. The number of hydrogen-bond donors (Lipinski definition) is 1. The van der Waals surface area contributed by atoms with E-state index in [1.165, 1.54) is 0 Å². The first-order valence-electron chi connectivity index (χ1n) is 9.88. The Bertz CT molecular complexity index is 890. The minimum atomic E-state index is -1.12. The molecule has 2 aromatic rings. The largest absolute Gasteiger partial charge is 0.443 e. The molecule has 0 radical (unpaired) electrons. The third-order valence-electron chi connectivity index (χ3n) is 4.48. The third-order valence-corrected chi connectivity index (χ3v) is 4.48. The van der Waals surface area contributed by atoms with E-state index in [0.29, 0.717) is 18.8 Å². The van der Waals surface area contributed by atoms with Crippen LogP contribution >= 0.6 is 0 Å². The molecule has 1 unspecified atom stereocenters. The van der Waals surface area contributed by atoms with Gasteiger partial charge < -0.3 is 19.2 Å². The number of carbonyl (C=O) groups is 1. The van der Waals surface area contributed by atoms with Crippen LogP contribution < -0.4 is 0 Å². The highest BCUT2D eigenvalue weighted by atomic mass is 16.5. The van der Waals surface area contributed by atoms with E-state index in [1.807, 2.05) is 42.5 Å². The summed E-state index contributed by atoms with van der Waals surface area (Å²) in [5, 5.41) is 9.72. The standard InChI is InChI=1S/C24H27NO4/c1-24(2,27)15-14-20-12-13-22(29-20)23(26)25(18-21-11-7-17-28-21)16-6-10-19-8-4-3-5-9-19/h3-6,8-10,12-13,21,27H,7,11,16-18H2,1-2H3/b10-6+. The maximum atomic E-state index is 13.0. The Labute approximate surface area is 172 Å². The van der Waals surface area contributed by atoms with Crippen LogP contribution in [0.4, 0.5) is 0 Å². The minimum Gasteiger partial charge on any atom is -0.443 e. The van der Waals surface area contributed by atoms with E-state index < -0.39 is 5.60 Å². The number of hydrogen-bond acceptors (Lipinski definition) is 4. The Morgan fingerprint density at radius 3 is 2.76 bits per heavy atom. The van der Waals surface area contributed by atoms with Crippen molar-refractivity contribution in [2.75, 3.05) is 19.7 Å². The highest BCUT2D eigenvalue weighted by molar-refractivity contribution is 5.91. The van der Waals surface area contributed by atoms with Gasteiger partial charge in [-0.2, -0.15) is 0 Å².